The molecule has 0 radical (unpaired) electrons. The van der Waals surface area contributed by atoms with Crippen LogP contribution < -0.4 is 4.90 Å². The van der Waals surface area contributed by atoms with Gasteiger partial charge in [0.25, 0.3) is 0 Å². The average Bonchev–Trinajstić information content (AvgIpc) is 3.51. The molecule has 0 unspecified atom stereocenters. The predicted octanol–water partition coefficient (Wildman–Crippen LogP) is 6.51. The quantitative estimate of drug-likeness (QED) is 0.298. The van der Waals surface area contributed by atoms with Crippen LogP contribution in [0.4, 0.5) is 15.8 Å². The topological polar surface area (TPSA) is 73.7 Å². The van der Waals surface area contributed by atoms with Crippen molar-refractivity contribution >= 4 is 43.8 Å². The number of nitrogens with zero attached hydrogens (tertiary/aromatic N) is 4. The minimum absolute atomic E-state index is 0.0148. The minimum Gasteiger partial charge on any atom is -0.352 e. The van der Waals surface area contributed by atoms with Crippen LogP contribution in [0.2, 0.25) is 0 Å². The van der Waals surface area contributed by atoms with Crippen LogP contribution in [0.25, 0.3) is 22.2 Å². The Labute approximate surface area is 178 Å². The first-order chi connectivity index (χ1) is 14.7. The number of fused-ring (bicyclic) bond motifs is 1. The Morgan fingerprint density at radius 3 is 2.63 bits per heavy atom. The zero-order valence-electron chi connectivity index (χ0n) is 16.6. The van der Waals surface area contributed by atoms with Crippen molar-refractivity contribution in [2.24, 2.45) is 10.2 Å². The molecule has 2 aromatic carbocycles. The summed E-state index contributed by atoms with van der Waals surface area (Å²) < 4.78 is 0. The Kier molecular flexibility index (Phi) is 4.88. The van der Waals surface area contributed by atoms with Gasteiger partial charge in [0.05, 0.1) is 11.4 Å². The Morgan fingerprint density at radius 1 is 1.07 bits per heavy atom. The summed E-state index contributed by atoms with van der Waals surface area (Å²) in [6.45, 7) is 3.64. The number of carbonyl (C=O) groups excluding carboxylic acids is 1. The summed E-state index contributed by atoms with van der Waals surface area (Å²) in [5.74, 6) is 0.0148. The zero-order valence-corrected chi connectivity index (χ0v) is 17.4. The number of thiazole rings is 1. The minimum atomic E-state index is 0.0148. The average molecular weight is 416 g/mol. The SMILES string of the molecule is CC(=O)c1cc2cc(N=Nc3sc(N4CCCC4)nc3-c3ccccc3)ccc2[nH]1. The molecule has 1 saturated heterocycles. The highest BCUT2D eigenvalue weighted by Crippen LogP contribution is 2.41. The third-order valence-corrected chi connectivity index (χ3v) is 6.26. The molecule has 0 bridgehead atoms. The van der Waals surface area contributed by atoms with E-state index in [1.54, 1.807) is 18.3 Å². The van der Waals surface area contributed by atoms with Gasteiger partial charge in [0.2, 0.25) is 0 Å². The van der Waals surface area contributed by atoms with Crippen molar-refractivity contribution in [1.29, 1.82) is 0 Å². The van der Waals surface area contributed by atoms with E-state index in [9.17, 15) is 4.79 Å². The third kappa shape index (κ3) is 3.64. The van der Waals surface area contributed by atoms with E-state index in [4.69, 9.17) is 4.98 Å². The van der Waals surface area contributed by atoms with Gasteiger partial charge in [-0.05, 0) is 37.1 Å². The first kappa shape index (κ1) is 18.7. The van der Waals surface area contributed by atoms with E-state index >= 15 is 0 Å². The van der Waals surface area contributed by atoms with Crippen molar-refractivity contribution in [3.8, 4) is 11.3 Å². The number of rotatable bonds is 5. The lowest BCUT2D eigenvalue weighted by Gasteiger charge is -2.11. The normalized spacial score (nSPS) is 14.2. The van der Waals surface area contributed by atoms with Crippen LogP contribution in [0.1, 0.15) is 30.3 Å². The second kappa shape index (κ2) is 7.84. The molecular weight excluding hydrogens is 394 g/mol. The maximum Gasteiger partial charge on any atom is 0.188 e. The Bertz CT molecular complexity index is 1240. The van der Waals surface area contributed by atoms with Gasteiger partial charge in [-0.3, -0.25) is 4.79 Å². The number of anilines is 1. The van der Waals surface area contributed by atoms with E-state index in [0.29, 0.717) is 5.69 Å². The molecule has 6 nitrogen and oxygen atoms in total. The van der Waals surface area contributed by atoms with E-state index < -0.39 is 0 Å². The number of H-pyrrole nitrogens is 1. The second-order valence-corrected chi connectivity index (χ2v) is 8.38. The Morgan fingerprint density at radius 2 is 1.87 bits per heavy atom. The van der Waals surface area contributed by atoms with Gasteiger partial charge < -0.3 is 9.88 Å². The summed E-state index contributed by atoms with van der Waals surface area (Å²) in [5, 5.41) is 11.8. The third-order valence-electron chi connectivity index (χ3n) is 5.26. The van der Waals surface area contributed by atoms with Gasteiger partial charge in [0, 0.05) is 36.5 Å². The van der Waals surface area contributed by atoms with Gasteiger partial charge in [0.15, 0.2) is 15.9 Å². The molecule has 7 heteroatoms. The number of hydrogen-bond donors (Lipinski definition) is 1. The summed E-state index contributed by atoms with van der Waals surface area (Å²) in [6, 6.07) is 17.7. The highest BCUT2D eigenvalue weighted by molar-refractivity contribution is 7.19. The number of ketones is 1. The van der Waals surface area contributed by atoms with Crippen molar-refractivity contribution in [3.05, 3.63) is 60.3 Å². The second-order valence-electron chi connectivity index (χ2n) is 7.42. The van der Waals surface area contributed by atoms with Crippen LogP contribution in [-0.2, 0) is 0 Å². The molecule has 1 aliphatic heterocycles. The standard InChI is InChI=1S/C23H21N5OS/c1-15(29)20-14-17-13-18(9-10-19(17)24-20)26-27-22-21(16-7-3-2-4-8-16)25-23(30-22)28-11-5-6-12-28/h2-4,7-10,13-14,24H,5-6,11-12H2,1H3. The van der Waals surface area contributed by atoms with Gasteiger partial charge in [-0.2, -0.15) is 0 Å². The van der Waals surface area contributed by atoms with Gasteiger partial charge in [-0.25, -0.2) is 4.98 Å². The fraction of sp³-hybridized carbons (Fsp3) is 0.217. The molecule has 2 aromatic heterocycles. The van der Waals surface area contributed by atoms with Crippen molar-refractivity contribution < 1.29 is 4.79 Å². The Hall–Kier alpha value is -3.32. The molecule has 0 amide bonds. The number of benzene rings is 2. The Balaban J connectivity index is 1.50. The van der Waals surface area contributed by atoms with Gasteiger partial charge in [-0.15, -0.1) is 10.2 Å². The molecule has 0 spiro atoms. The molecule has 5 rings (SSSR count). The molecule has 1 aliphatic rings. The number of nitrogens with one attached hydrogen (secondary N) is 1. The summed E-state index contributed by atoms with van der Waals surface area (Å²) in [4.78, 5) is 22.0. The fourth-order valence-electron chi connectivity index (χ4n) is 3.67. The number of Topliss-reactive ketones (excluding diaryl/α,β-unsaturated/α-hetero) is 1. The van der Waals surface area contributed by atoms with Gasteiger partial charge >= 0.3 is 0 Å². The lowest BCUT2D eigenvalue weighted by atomic mass is 10.2. The van der Waals surface area contributed by atoms with E-state index in [2.05, 4.69) is 32.2 Å². The van der Waals surface area contributed by atoms with Crippen LogP contribution in [0.3, 0.4) is 0 Å². The molecule has 30 heavy (non-hydrogen) atoms. The van der Waals surface area contributed by atoms with Crippen molar-refractivity contribution in [1.82, 2.24) is 9.97 Å². The molecule has 1 N–H and O–H groups in total. The monoisotopic (exact) mass is 415 g/mol. The molecule has 3 heterocycles. The molecule has 150 valence electrons. The highest BCUT2D eigenvalue weighted by atomic mass is 32.1. The number of carbonyl (C=O) groups is 1. The summed E-state index contributed by atoms with van der Waals surface area (Å²) in [6.07, 6.45) is 2.41. The lowest BCUT2D eigenvalue weighted by Crippen LogP contribution is -2.17. The van der Waals surface area contributed by atoms with Crippen LogP contribution in [0, 0.1) is 0 Å². The number of aromatic amines is 1. The number of hydrogen-bond acceptors (Lipinski definition) is 6. The van der Waals surface area contributed by atoms with Crippen LogP contribution in [0.5, 0.6) is 0 Å². The molecule has 4 aromatic rings. The fourth-order valence-corrected chi connectivity index (χ4v) is 4.63. The maximum absolute atomic E-state index is 11.6. The zero-order chi connectivity index (χ0) is 20.5. The number of aromatic nitrogens is 2. The molecule has 0 atom stereocenters. The van der Waals surface area contributed by atoms with Crippen LogP contribution in [0.15, 0.2) is 64.8 Å². The summed E-state index contributed by atoms with van der Waals surface area (Å²) in [7, 11) is 0. The van der Waals surface area contributed by atoms with Gasteiger partial charge in [0.1, 0.15) is 5.69 Å². The highest BCUT2D eigenvalue weighted by Gasteiger charge is 2.20. The maximum atomic E-state index is 11.6. The van der Waals surface area contributed by atoms with Gasteiger partial charge in [-0.1, -0.05) is 41.7 Å². The number of azo groups is 1. The van der Waals surface area contributed by atoms with E-state index in [-0.39, 0.29) is 5.78 Å². The van der Waals surface area contributed by atoms with Crippen LogP contribution in [-0.4, -0.2) is 28.8 Å². The van der Waals surface area contributed by atoms with E-state index in [1.807, 2.05) is 42.5 Å². The van der Waals surface area contributed by atoms with E-state index in [0.717, 1.165) is 51.1 Å². The molecule has 1 fully saturated rings. The molecular formula is C23H21N5OS. The molecule has 0 aliphatic carbocycles. The first-order valence-electron chi connectivity index (χ1n) is 10.0. The smallest absolute Gasteiger partial charge is 0.188 e. The van der Waals surface area contributed by atoms with Crippen molar-refractivity contribution in [2.45, 2.75) is 19.8 Å². The summed E-state index contributed by atoms with van der Waals surface area (Å²) >= 11 is 1.59. The van der Waals surface area contributed by atoms with Crippen molar-refractivity contribution in [2.75, 3.05) is 18.0 Å². The lowest BCUT2D eigenvalue weighted by molar-refractivity contribution is 0.101. The first-order valence-corrected chi connectivity index (χ1v) is 10.9. The van der Waals surface area contributed by atoms with E-state index in [1.165, 1.54) is 12.8 Å². The predicted molar refractivity (Wildman–Crippen MR) is 121 cm³/mol. The van der Waals surface area contributed by atoms with Crippen LogP contribution >= 0.6 is 11.3 Å². The molecule has 0 saturated carbocycles. The largest absolute Gasteiger partial charge is 0.352 e. The summed E-state index contributed by atoms with van der Waals surface area (Å²) in [5.41, 5.74) is 4.17. The van der Waals surface area contributed by atoms with Crippen molar-refractivity contribution in [3.63, 3.8) is 0 Å².